The quantitative estimate of drug-likeness (QED) is 0.262. The maximum Gasteiger partial charge on any atom is 1.00 e. The van der Waals surface area contributed by atoms with Gasteiger partial charge in [-0.05, 0) is 0 Å². The number of carbonyl (C=O) groups excluding carboxylic acids is 1. The van der Waals surface area contributed by atoms with Gasteiger partial charge in [0, 0.05) is 0 Å². The maximum atomic E-state index is 10.6. The van der Waals surface area contributed by atoms with Gasteiger partial charge in [0.1, 0.15) is 12.2 Å². The van der Waals surface area contributed by atoms with E-state index in [2.05, 4.69) is 4.74 Å². The largest absolute Gasteiger partial charge is 1.00 e. The van der Waals surface area contributed by atoms with E-state index in [1.54, 1.807) is 0 Å². The van der Waals surface area contributed by atoms with Crippen LogP contribution in [0.5, 0.6) is 0 Å². The summed E-state index contributed by atoms with van der Waals surface area (Å²) in [6.45, 7) is -0.637. The van der Waals surface area contributed by atoms with Crippen molar-refractivity contribution in [3.8, 4) is 0 Å². The molecule has 1 saturated heterocycles. The number of aliphatic hydroxyl groups excluding tert-OH is 4. The summed E-state index contributed by atoms with van der Waals surface area (Å²) in [6, 6.07) is 0. The van der Waals surface area contributed by atoms with Gasteiger partial charge in [0.25, 0.3) is 0 Å². The van der Waals surface area contributed by atoms with Crippen LogP contribution >= 0.6 is 0 Å². The average molecular weight is 202 g/mol. The fraction of sp³-hybridized carbons (Fsp3) is 0.833. The van der Waals surface area contributed by atoms with E-state index in [1.165, 1.54) is 0 Å². The van der Waals surface area contributed by atoms with Crippen LogP contribution in [-0.4, -0.2) is 57.4 Å². The van der Waals surface area contributed by atoms with Gasteiger partial charge >= 0.3 is 35.5 Å². The normalized spacial score (nSPS) is 35.1. The number of aliphatic hydroxyl groups is 4. The summed E-state index contributed by atoms with van der Waals surface area (Å²) in [5, 5.41) is 35.3. The average Bonchev–Trinajstić information content (AvgIpc) is 2.32. The van der Waals surface area contributed by atoms with Gasteiger partial charge in [-0.15, -0.1) is 0 Å². The van der Waals surface area contributed by atoms with Gasteiger partial charge in [0.05, 0.1) is 6.61 Å². The first kappa shape index (κ1) is 13.3. The zero-order valence-electron chi connectivity index (χ0n) is 8.12. The Morgan fingerprint density at radius 2 is 2.08 bits per heavy atom. The minimum absolute atomic E-state index is 0. The Labute approximate surface area is 97.9 Å². The standard InChI is InChI=1S/C6H10O6.Na.H/c7-1-2(8)5-3(9)4(10)6(11)12-5;;/h2-5,7-10H,1H2;;/q;+1;-1. The van der Waals surface area contributed by atoms with Crippen molar-refractivity contribution < 1.29 is 60.9 Å². The third-order valence-electron chi connectivity index (χ3n) is 1.72. The van der Waals surface area contributed by atoms with Gasteiger partial charge in [0.15, 0.2) is 12.2 Å². The van der Waals surface area contributed by atoms with E-state index in [1.807, 2.05) is 0 Å². The molecule has 1 aliphatic rings. The molecule has 1 heterocycles. The van der Waals surface area contributed by atoms with Gasteiger partial charge in [-0.2, -0.15) is 0 Å². The molecule has 4 unspecified atom stereocenters. The summed E-state index contributed by atoms with van der Waals surface area (Å²) >= 11 is 0. The van der Waals surface area contributed by atoms with Crippen LogP contribution in [0.25, 0.3) is 0 Å². The first-order valence-electron chi connectivity index (χ1n) is 3.43. The first-order valence-corrected chi connectivity index (χ1v) is 3.43. The zero-order chi connectivity index (χ0) is 9.30. The second kappa shape index (κ2) is 5.26. The van der Waals surface area contributed by atoms with Crippen molar-refractivity contribution in [2.45, 2.75) is 24.4 Å². The van der Waals surface area contributed by atoms with Crippen molar-refractivity contribution >= 4 is 5.97 Å². The molecule has 1 rings (SSSR count). The van der Waals surface area contributed by atoms with Crippen LogP contribution in [0.2, 0.25) is 0 Å². The van der Waals surface area contributed by atoms with Gasteiger partial charge in [-0.1, -0.05) is 0 Å². The molecular weight excluding hydrogens is 191 g/mol. The Morgan fingerprint density at radius 3 is 2.38 bits per heavy atom. The summed E-state index contributed by atoms with van der Waals surface area (Å²) in [5.41, 5.74) is 0. The molecule has 6 nitrogen and oxygen atoms in total. The summed E-state index contributed by atoms with van der Waals surface area (Å²) in [5.74, 6) is -0.986. The SMILES string of the molecule is O=C1OC(C(O)CO)C(O)C1O.[H-].[Na+]. The smallest absolute Gasteiger partial charge is 1.00 e. The van der Waals surface area contributed by atoms with Crippen molar-refractivity contribution in [3.05, 3.63) is 0 Å². The Hall–Kier alpha value is 0.310. The van der Waals surface area contributed by atoms with E-state index in [0.717, 1.165) is 0 Å². The van der Waals surface area contributed by atoms with Crippen LogP contribution in [-0.2, 0) is 9.53 Å². The molecule has 0 radical (unpaired) electrons. The third-order valence-corrected chi connectivity index (χ3v) is 1.72. The second-order valence-electron chi connectivity index (χ2n) is 2.59. The van der Waals surface area contributed by atoms with Crippen LogP contribution < -0.4 is 29.6 Å². The van der Waals surface area contributed by atoms with Crippen molar-refractivity contribution in [1.29, 1.82) is 0 Å². The molecule has 72 valence electrons. The minimum Gasteiger partial charge on any atom is -1.00 e. The Morgan fingerprint density at radius 1 is 1.54 bits per heavy atom. The van der Waals surface area contributed by atoms with Crippen LogP contribution in [0.1, 0.15) is 1.43 Å². The van der Waals surface area contributed by atoms with Crippen molar-refractivity contribution in [3.63, 3.8) is 0 Å². The number of cyclic esters (lactones) is 1. The molecule has 0 saturated carbocycles. The summed E-state index contributed by atoms with van der Waals surface area (Å²) < 4.78 is 4.39. The molecule has 7 heteroatoms. The van der Waals surface area contributed by atoms with E-state index in [-0.39, 0.29) is 31.0 Å². The third kappa shape index (κ3) is 2.63. The van der Waals surface area contributed by atoms with Gasteiger partial charge in [0.2, 0.25) is 0 Å². The molecule has 1 aliphatic heterocycles. The molecule has 4 atom stereocenters. The van der Waals surface area contributed by atoms with Crippen LogP contribution in [0.4, 0.5) is 0 Å². The number of rotatable bonds is 2. The predicted octanol–water partition coefficient (Wildman–Crippen LogP) is -5.90. The van der Waals surface area contributed by atoms with E-state index in [9.17, 15) is 4.79 Å². The van der Waals surface area contributed by atoms with Crippen molar-refractivity contribution in [2.24, 2.45) is 0 Å². The van der Waals surface area contributed by atoms with Gasteiger partial charge in [-0.25, -0.2) is 4.79 Å². The number of hydrogen-bond donors (Lipinski definition) is 4. The van der Waals surface area contributed by atoms with Crippen molar-refractivity contribution in [1.82, 2.24) is 0 Å². The first-order chi connectivity index (χ1) is 5.57. The Bertz CT molecular complexity index is 191. The van der Waals surface area contributed by atoms with E-state index < -0.39 is 37.0 Å². The maximum absolute atomic E-state index is 10.6. The summed E-state index contributed by atoms with van der Waals surface area (Å²) in [6.07, 6.45) is -5.70. The fourth-order valence-corrected chi connectivity index (χ4v) is 1.00. The summed E-state index contributed by atoms with van der Waals surface area (Å²) in [4.78, 5) is 10.6. The Balaban J connectivity index is 0. The van der Waals surface area contributed by atoms with Crippen LogP contribution in [0, 0.1) is 0 Å². The van der Waals surface area contributed by atoms with Crippen LogP contribution in [0.15, 0.2) is 0 Å². The monoisotopic (exact) mass is 202 g/mol. The van der Waals surface area contributed by atoms with E-state index in [0.29, 0.717) is 0 Å². The molecule has 0 aromatic carbocycles. The molecule has 0 spiro atoms. The molecule has 1 fully saturated rings. The molecule has 0 aromatic rings. The zero-order valence-corrected chi connectivity index (χ0v) is 9.12. The van der Waals surface area contributed by atoms with Gasteiger partial charge < -0.3 is 26.6 Å². The number of hydrogen-bond acceptors (Lipinski definition) is 6. The topological polar surface area (TPSA) is 107 Å². The second-order valence-corrected chi connectivity index (χ2v) is 2.59. The molecule has 0 bridgehead atoms. The molecule has 0 aromatic heterocycles. The Kier molecular flexibility index (Phi) is 5.38. The number of carbonyl (C=O) groups is 1. The van der Waals surface area contributed by atoms with E-state index in [4.69, 9.17) is 20.4 Å². The number of ether oxygens (including phenoxy) is 1. The fourth-order valence-electron chi connectivity index (χ4n) is 1.00. The molecule has 0 aliphatic carbocycles. The predicted molar refractivity (Wildman–Crippen MR) is 36.1 cm³/mol. The number of esters is 1. The molecular formula is C6H11NaO6. The molecule has 0 amide bonds. The van der Waals surface area contributed by atoms with Crippen molar-refractivity contribution in [2.75, 3.05) is 6.61 Å². The minimum atomic E-state index is -1.63. The molecule has 13 heavy (non-hydrogen) atoms. The molecule has 4 N–H and O–H groups in total. The van der Waals surface area contributed by atoms with Crippen LogP contribution in [0.3, 0.4) is 0 Å². The summed E-state index contributed by atoms with van der Waals surface area (Å²) in [7, 11) is 0. The van der Waals surface area contributed by atoms with E-state index >= 15 is 0 Å². The van der Waals surface area contributed by atoms with Gasteiger partial charge in [-0.3, -0.25) is 0 Å².